The second-order valence-electron chi connectivity index (χ2n) is 4.48. The Kier molecular flexibility index (Phi) is 2.67. The van der Waals surface area contributed by atoms with Crippen molar-refractivity contribution >= 4 is 5.91 Å². The number of amides is 1. The molecule has 88 valence electrons. The zero-order valence-electron chi connectivity index (χ0n) is 9.73. The van der Waals surface area contributed by atoms with Gasteiger partial charge in [-0.1, -0.05) is 0 Å². The quantitative estimate of drug-likeness (QED) is 0.751. The molecule has 0 aliphatic carbocycles. The number of carbonyl (C=O) groups is 1. The summed E-state index contributed by atoms with van der Waals surface area (Å²) in [7, 11) is 0. The molecule has 1 aliphatic heterocycles. The molecule has 1 aliphatic rings. The Morgan fingerprint density at radius 2 is 2.44 bits per heavy atom. The highest BCUT2D eigenvalue weighted by Gasteiger charge is 2.38. The van der Waals surface area contributed by atoms with Crippen molar-refractivity contribution in [1.82, 2.24) is 20.3 Å². The Bertz CT molecular complexity index is 374. The van der Waals surface area contributed by atoms with Crippen molar-refractivity contribution in [2.24, 2.45) is 0 Å². The van der Waals surface area contributed by atoms with Crippen molar-refractivity contribution < 1.29 is 9.53 Å². The Hall–Kier alpha value is -1.43. The lowest BCUT2D eigenvalue weighted by molar-refractivity contribution is -0.109. The summed E-state index contributed by atoms with van der Waals surface area (Å²) in [5.41, 5.74) is 0.0297. The van der Waals surface area contributed by atoms with Gasteiger partial charge in [0.05, 0.1) is 24.4 Å². The molecule has 1 aromatic rings. The predicted octanol–water partition coefficient (Wildman–Crippen LogP) is 0.444. The Balaban J connectivity index is 2.18. The zero-order valence-corrected chi connectivity index (χ0v) is 9.73. The highest BCUT2D eigenvalue weighted by molar-refractivity contribution is 5.92. The van der Waals surface area contributed by atoms with Gasteiger partial charge in [0, 0.05) is 6.54 Å². The number of aromatic amines is 1. The molecule has 2 heterocycles. The van der Waals surface area contributed by atoms with Crippen LogP contribution in [0.25, 0.3) is 0 Å². The van der Waals surface area contributed by atoms with Crippen LogP contribution in [0.5, 0.6) is 0 Å². The molecule has 1 saturated heterocycles. The highest BCUT2D eigenvalue weighted by Crippen LogP contribution is 2.25. The van der Waals surface area contributed by atoms with Gasteiger partial charge in [-0.25, -0.2) is 0 Å². The summed E-state index contributed by atoms with van der Waals surface area (Å²) in [6.45, 7) is 7.11. The van der Waals surface area contributed by atoms with Crippen LogP contribution in [0.15, 0.2) is 6.20 Å². The van der Waals surface area contributed by atoms with E-state index in [2.05, 4.69) is 15.4 Å². The monoisotopic (exact) mass is 224 g/mol. The summed E-state index contributed by atoms with van der Waals surface area (Å²) >= 11 is 0. The predicted molar refractivity (Wildman–Crippen MR) is 56.9 cm³/mol. The number of nitrogens with zero attached hydrogens (tertiary/aromatic N) is 3. The number of carbonyl (C=O) groups excluding carboxylic acids is 1. The summed E-state index contributed by atoms with van der Waals surface area (Å²) in [5, 5.41) is 9.90. The average Bonchev–Trinajstić information content (AvgIpc) is 2.74. The maximum absolute atomic E-state index is 12.1. The highest BCUT2D eigenvalue weighted by atomic mass is 16.5. The molecule has 1 atom stereocenters. The lowest BCUT2D eigenvalue weighted by Gasteiger charge is -2.44. The molecule has 0 bridgehead atoms. The first-order valence-corrected chi connectivity index (χ1v) is 5.33. The second-order valence-corrected chi connectivity index (χ2v) is 4.48. The Morgan fingerprint density at radius 1 is 1.69 bits per heavy atom. The van der Waals surface area contributed by atoms with Gasteiger partial charge in [-0.05, 0) is 20.8 Å². The van der Waals surface area contributed by atoms with Crippen molar-refractivity contribution in [3.63, 3.8) is 0 Å². The van der Waals surface area contributed by atoms with Crippen LogP contribution in [0, 0.1) is 0 Å². The second kappa shape index (κ2) is 3.86. The van der Waals surface area contributed by atoms with E-state index in [0.717, 1.165) is 0 Å². The van der Waals surface area contributed by atoms with Gasteiger partial charge in [0.1, 0.15) is 0 Å². The Morgan fingerprint density at radius 3 is 3.06 bits per heavy atom. The van der Waals surface area contributed by atoms with Crippen molar-refractivity contribution in [1.29, 1.82) is 0 Å². The number of hydrogen-bond acceptors (Lipinski definition) is 4. The number of morpholine rings is 1. The fourth-order valence-corrected chi connectivity index (χ4v) is 1.83. The molecule has 0 aromatic carbocycles. The lowest BCUT2D eigenvalue weighted by Crippen LogP contribution is -2.57. The van der Waals surface area contributed by atoms with Crippen molar-refractivity contribution in [3.8, 4) is 0 Å². The van der Waals surface area contributed by atoms with Crippen molar-refractivity contribution in [2.45, 2.75) is 32.4 Å². The first kappa shape index (κ1) is 11.1. The van der Waals surface area contributed by atoms with Gasteiger partial charge in [0.2, 0.25) is 0 Å². The summed E-state index contributed by atoms with van der Waals surface area (Å²) < 4.78 is 5.64. The summed E-state index contributed by atoms with van der Waals surface area (Å²) in [5.74, 6) is -0.0994. The van der Waals surface area contributed by atoms with Gasteiger partial charge in [-0.3, -0.25) is 4.79 Å². The van der Waals surface area contributed by atoms with E-state index in [1.807, 2.05) is 20.8 Å². The third-order valence-corrected chi connectivity index (χ3v) is 3.17. The number of rotatable bonds is 1. The molecule has 0 radical (unpaired) electrons. The third-order valence-electron chi connectivity index (χ3n) is 3.17. The van der Waals surface area contributed by atoms with E-state index >= 15 is 0 Å². The topological polar surface area (TPSA) is 71.1 Å². The molecule has 1 fully saturated rings. The summed E-state index contributed by atoms with van der Waals surface area (Å²) in [4.78, 5) is 13.9. The number of ether oxygens (including phenoxy) is 1. The van der Waals surface area contributed by atoms with Crippen LogP contribution in [0.1, 0.15) is 31.3 Å². The van der Waals surface area contributed by atoms with Gasteiger partial charge >= 0.3 is 0 Å². The van der Waals surface area contributed by atoms with Gasteiger partial charge in [0.25, 0.3) is 5.91 Å². The van der Waals surface area contributed by atoms with Crippen LogP contribution in [0.2, 0.25) is 0 Å². The van der Waals surface area contributed by atoms with Gasteiger partial charge < -0.3 is 9.64 Å². The normalized spacial score (nSPS) is 24.4. The first-order valence-electron chi connectivity index (χ1n) is 5.33. The largest absolute Gasteiger partial charge is 0.372 e. The van der Waals surface area contributed by atoms with E-state index in [9.17, 15) is 4.79 Å². The van der Waals surface area contributed by atoms with Crippen LogP contribution in [-0.2, 0) is 4.74 Å². The number of aromatic nitrogens is 3. The molecule has 6 nitrogen and oxygen atoms in total. The van der Waals surface area contributed by atoms with Gasteiger partial charge in [-0.2, -0.15) is 15.4 Å². The molecular weight excluding hydrogens is 208 g/mol. The fraction of sp³-hybridized carbons (Fsp3) is 0.700. The summed E-state index contributed by atoms with van der Waals surface area (Å²) in [6, 6.07) is 0.0189. The Labute approximate surface area is 94.0 Å². The number of H-pyrrole nitrogens is 1. The summed E-state index contributed by atoms with van der Waals surface area (Å²) in [6.07, 6.45) is 1.44. The maximum Gasteiger partial charge on any atom is 0.276 e. The molecule has 6 heteroatoms. The van der Waals surface area contributed by atoms with Crippen LogP contribution in [0.3, 0.4) is 0 Å². The molecule has 1 N–H and O–H groups in total. The number of nitrogens with one attached hydrogen (secondary N) is 1. The minimum absolute atomic E-state index is 0.0189. The standard InChI is InChI=1S/C10H16N4O2/c1-7-10(2,3)16-5-4-14(7)9(15)8-6-11-13-12-8/h6-7H,4-5H2,1-3H3,(H,11,12,13). The molecule has 1 amide bonds. The number of hydrogen-bond donors (Lipinski definition) is 1. The van der Waals surface area contributed by atoms with E-state index < -0.39 is 0 Å². The maximum atomic E-state index is 12.1. The van der Waals surface area contributed by atoms with Crippen LogP contribution >= 0.6 is 0 Å². The smallest absolute Gasteiger partial charge is 0.276 e. The first-order chi connectivity index (χ1) is 7.52. The fourth-order valence-electron chi connectivity index (χ4n) is 1.83. The van der Waals surface area contributed by atoms with Crippen LogP contribution in [0.4, 0.5) is 0 Å². The van der Waals surface area contributed by atoms with Crippen LogP contribution < -0.4 is 0 Å². The van der Waals surface area contributed by atoms with Gasteiger partial charge in [-0.15, -0.1) is 0 Å². The molecular formula is C10H16N4O2. The van der Waals surface area contributed by atoms with E-state index in [1.54, 1.807) is 4.90 Å². The SMILES string of the molecule is CC1N(C(=O)c2cn[nH]n2)CCOC1(C)C. The molecule has 2 rings (SSSR count). The molecule has 16 heavy (non-hydrogen) atoms. The minimum Gasteiger partial charge on any atom is -0.372 e. The minimum atomic E-state index is -0.322. The third kappa shape index (κ3) is 1.80. The van der Waals surface area contributed by atoms with Crippen molar-refractivity contribution in [3.05, 3.63) is 11.9 Å². The zero-order chi connectivity index (χ0) is 11.8. The molecule has 0 spiro atoms. The molecule has 1 aromatic heterocycles. The van der Waals surface area contributed by atoms with E-state index in [0.29, 0.717) is 18.8 Å². The van der Waals surface area contributed by atoms with E-state index in [4.69, 9.17) is 4.74 Å². The lowest BCUT2D eigenvalue weighted by atomic mass is 9.96. The molecule has 0 saturated carbocycles. The van der Waals surface area contributed by atoms with Crippen LogP contribution in [-0.4, -0.2) is 51.0 Å². The van der Waals surface area contributed by atoms with E-state index in [1.165, 1.54) is 6.20 Å². The van der Waals surface area contributed by atoms with E-state index in [-0.39, 0.29) is 17.6 Å². The van der Waals surface area contributed by atoms with Crippen molar-refractivity contribution in [2.75, 3.05) is 13.2 Å². The average molecular weight is 224 g/mol. The van der Waals surface area contributed by atoms with Gasteiger partial charge in [0.15, 0.2) is 5.69 Å². The molecule has 1 unspecified atom stereocenters.